The van der Waals surface area contributed by atoms with Crippen molar-refractivity contribution in [3.8, 4) is 0 Å². The summed E-state index contributed by atoms with van der Waals surface area (Å²) in [5.41, 5.74) is 2.42. The van der Waals surface area contributed by atoms with E-state index in [0.29, 0.717) is 18.9 Å². The highest BCUT2D eigenvalue weighted by Crippen LogP contribution is 2.43. The monoisotopic (exact) mass is 486 g/mol. The van der Waals surface area contributed by atoms with E-state index < -0.39 is 5.67 Å². The second kappa shape index (κ2) is 9.67. The molecular formula is C27H36F2N4S. The first kappa shape index (κ1) is 23.9. The number of aromatic nitrogens is 2. The molecule has 3 atom stereocenters. The molecule has 184 valence electrons. The van der Waals surface area contributed by atoms with Gasteiger partial charge in [-0.05, 0) is 64.1 Å². The number of benzene rings is 1. The maximum atomic E-state index is 14.9. The van der Waals surface area contributed by atoms with Gasteiger partial charge in [-0.15, -0.1) is 11.3 Å². The van der Waals surface area contributed by atoms with Crippen molar-refractivity contribution in [2.75, 3.05) is 32.9 Å². The number of nitrogens with zero attached hydrogens (tertiary/aromatic N) is 3. The maximum absolute atomic E-state index is 14.9. The Labute approximate surface area is 205 Å². The number of thiazole rings is 1. The molecule has 1 saturated heterocycles. The minimum Gasteiger partial charge on any atom is -0.357 e. The molecular weight excluding hydrogens is 450 g/mol. The molecule has 34 heavy (non-hydrogen) atoms. The van der Waals surface area contributed by atoms with Gasteiger partial charge in [-0.25, -0.2) is 9.37 Å². The zero-order chi connectivity index (χ0) is 23.9. The summed E-state index contributed by atoms with van der Waals surface area (Å²) in [4.78, 5) is 14.4. The number of H-pyrrole nitrogens is 1. The molecule has 0 aliphatic carbocycles. The second-order valence-corrected chi connectivity index (χ2v) is 11.9. The second-order valence-electron chi connectivity index (χ2n) is 10.8. The SMILES string of the molecule is C[C@@H]1Cc2c([nH]c3ccccc23)[C@@H](c2cnc(C[C@H]3CCN(CCCF)C3)s2)N1CC(C)(C)F. The van der Waals surface area contributed by atoms with Crippen LogP contribution in [0.3, 0.4) is 0 Å². The number of hydrogen-bond donors (Lipinski definition) is 1. The standard InChI is InChI=1S/C27H36F2N4S/c1-18-13-21-20-7-4-5-8-22(20)31-25(21)26(33(18)17-27(2,3)29)23-15-30-24(34-23)14-19-9-12-32(16-19)11-6-10-28/h4-5,7-8,15,18-19,26,31H,6,9-14,16-17H2,1-3H3/t18-,19-,26-/m1/s1. The maximum Gasteiger partial charge on any atom is 0.118 e. The number of alkyl halides is 2. The summed E-state index contributed by atoms with van der Waals surface area (Å²) in [5.74, 6) is 0.577. The zero-order valence-electron chi connectivity index (χ0n) is 20.5. The van der Waals surface area contributed by atoms with E-state index in [9.17, 15) is 8.78 Å². The van der Waals surface area contributed by atoms with E-state index in [1.54, 1.807) is 25.2 Å². The molecule has 0 saturated carbocycles. The summed E-state index contributed by atoms with van der Waals surface area (Å²) in [5, 5.41) is 2.43. The third-order valence-corrected chi connectivity index (χ3v) is 8.43. The van der Waals surface area contributed by atoms with Gasteiger partial charge in [-0.3, -0.25) is 9.29 Å². The van der Waals surface area contributed by atoms with Crippen LogP contribution in [0.5, 0.6) is 0 Å². The minimum atomic E-state index is -1.28. The lowest BCUT2D eigenvalue weighted by molar-refractivity contribution is 0.0678. The lowest BCUT2D eigenvalue weighted by atomic mass is 9.90. The summed E-state index contributed by atoms with van der Waals surface area (Å²) in [7, 11) is 0. The Hall–Kier alpha value is -1.83. The van der Waals surface area contributed by atoms with Gasteiger partial charge in [0.25, 0.3) is 0 Å². The van der Waals surface area contributed by atoms with E-state index in [4.69, 9.17) is 4.98 Å². The van der Waals surface area contributed by atoms with E-state index in [1.165, 1.54) is 21.5 Å². The number of halogens is 2. The Morgan fingerprint density at radius 3 is 2.88 bits per heavy atom. The molecule has 2 aliphatic heterocycles. The van der Waals surface area contributed by atoms with Crippen molar-refractivity contribution in [1.82, 2.24) is 19.8 Å². The number of para-hydroxylation sites is 1. The van der Waals surface area contributed by atoms with Crippen LogP contribution >= 0.6 is 11.3 Å². The average molecular weight is 487 g/mol. The Morgan fingerprint density at radius 2 is 2.09 bits per heavy atom. The van der Waals surface area contributed by atoms with E-state index >= 15 is 0 Å². The molecule has 0 radical (unpaired) electrons. The smallest absolute Gasteiger partial charge is 0.118 e. The van der Waals surface area contributed by atoms with Crippen LogP contribution < -0.4 is 0 Å². The first-order valence-corrected chi connectivity index (χ1v) is 13.4. The molecule has 7 heteroatoms. The fourth-order valence-corrected chi connectivity index (χ4v) is 7.02. The van der Waals surface area contributed by atoms with Crippen molar-refractivity contribution >= 4 is 22.2 Å². The molecule has 1 aromatic carbocycles. The van der Waals surface area contributed by atoms with Crippen molar-refractivity contribution in [2.45, 2.75) is 64.2 Å². The third kappa shape index (κ3) is 4.93. The van der Waals surface area contributed by atoms with E-state index in [-0.39, 0.29) is 18.8 Å². The number of aromatic amines is 1. The van der Waals surface area contributed by atoms with E-state index in [0.717, 1.165) is 49.4 Å². The number of hydrogen-bond acceptors (Lipinski definition) is 4. The Kier molecular flexibility index (Phi) is 6.79. The predicted octanol–water partition coefficient (Wildman–Crippen LogP) is 5.93. The van der Waals surface area contributed by atoms with Crippen molar-refractivity contribution in [3.05, 3.63) is 51.6 Å². The topological polar surface area (TPSA) is 35.2 Å². The van der Waals surface area contributed by atoms with Crippen LogP contribution in [0.4, 0.5) is 8.78 Å². The van der Waals surface area contributed by atoms with Gasteiger partial charge in [0.15, 0.2) is 0 Å². The normalized spacial score (nSPS) is 24.2. The van der Waals surface area contributed by atoms with Crippen molar-refractivity contribution in [3.63, 3.8) is 0 Å². The number of likely N-dealkylation sites (tertiary alicyclic amines) is 1. The Balaban J connectivity index is 1.43. The van der Waals surface area contributed by atoms with Crippen LogP contribution in [0, 0.1) is 5.92 Å². The van der Waals surface area contributed by atoms with Crippen molar-refractivity contribution in [1.29, 1.82) is 0 Å². The first-order chi connectivity index (χ1) is 16.3. The largest absolute Gasteiger partial charge is 0.357 e. The third-order valence-electron chi connectivity index (χ3n) is 7.36. The fraction of sp³-hybridized carbons (Fsp3) is 0.593. The summed E-state index contributed by atoms with van der Waals surface area (Å²) in [6.45, 7) is 8.65. The Morgan fingerprint density at radius 1 is 1.26 bits per heavy atom. The number of fused-ring (bicyclic) bond motifs is 3. The van der Waals surface area contributed by atoms with Gasteiger partial charge in [-0.2, -0.15) is 0 Å². The van der Waals surface area contributed by atoms with Gasteiger partial charge in [-0.1, -0.05) is 18.2 Å². The lowest BCUT2D eigenvalue weighted by Gasteiger charge is -2.42. The summed E-state index contributed by atoms with van der Waals surface area (Å²) in [6, 6.07) is 8.69. The molecule has 1 N–H and O–H groups in total. The summed E-state index contributed by atoms with van der Waals surface area (Å²) in [6.07, 6.45) is 5.67. The van der Waals surface area contributed by atoms with Gasteiger partial charge in [0, 0.05) is 59.8 Å². The highest BCUT2D eigenvalue weighted by molar-refractivity contribution is 7.11. The van der Waals surface area contributed by atoms with E-state index in [2.05, 4.69) is 46.0 Å². The van der Waals surface area contributed by atoms with E-state index in [1.807, 2.05) is 6.20 Å². The molecule has 0 amide bonds. The molecule has 0 spiro atoms. The van der Waals surface area contributed by atoms with Crippen LogP contribution in [-0.4, -0.2) is 64.3 Å². The van der Waals surface area contributed by atoms with Gasteiger partial charge in [0.05, 0.1) is 17.7 Å². The summed E-state index contributed by atoms with van der Waals surface area (Å²) >= 11 is 1.78. The lowest BCUT2D eigenvalue weighted by Crippen LogP contribution is -2.47. The van der Waals surface area contributed by atoms with Gasteiger partial charge in [0.2, 0.25) is 0 Å². The minimum absolute atomic E-state index is 0.0166. The van der Waals surface area contributed by atoms with Crippen LogP contribution in [0.15, 0.2) is 30.5 Å². The van der Waals surface area contributed by atoms with Crippen molar-refractivity contribution in [2.24, 2.45) is 5.92 Å². The predicted molar refractivity (Wildman–Crippen MR) is 136 cm³/mol. The van der Waals surface area contributed by atoms with Crippen molar-refractivity contribution < 1.29 is 8.78 Å². The van der Waals surface area contributed by atoms with Crippen LogP contribution in [0.25, 0.3) is 10.9 Å². The molecule has 1 fully saturated rings. The van der Waals surface area contributed by atoms with Crippen LogP contribution in [-0.2, 0) is 12.8 Å². The molecule has 0 bridgehead atoms. The molecule has 4 nitrogen and oxygen atoms in total. The molecule has 5 rings (SSSR count). The Bertz CT molecular complexity index is 1120. The average Bonchev–Trinajstić information content (AvgIpc) is 3.51. The fourth-order valence-electron chi connectivity index (χ4n) is 5.85. The zero-order valence-corrected chi connectivity index (χ0v) is 21.3. The molecule has 2 aromatic heterocycles. The van der Waals surface area contributed by atoms with Gasteiger partial charge < -0.3 is 9.88 Å². The first-order valence-electron chi connectivity index (χ1n) is 12.6. The number of rotatable bonds is 8. The molecule has 3 aromatic rings. The summed E-state index contributed by atoms with van der Waals surface area (Å²) < 4.78 is 27.5. The van der Waals surface area contributed by atoms with Crippen LogP contribution in [0.1, 0.15) is 60.8 Å². The molecule has 0 unspecified atom stereocenters. The quantitative estimate of drug-likeness (QED) is 0.428. The number of nitrogens with one attached hydrogen (secondary N) is 1. The van der Waals surface area contributed by atoms with Gasteiger partial charge in [0.1, 0.15) is 5.67 Å². The van der Waals surface area contributed by atoms with Crippen LogP contribution in [0.2, 0.25) is 0 Å². The highest BCUT2D eigenvalue weighted by atomic mass is 32.1. The molecule has 2 aliphatic rings. The highest BCUT2D eigenvalue weighted by Gasteiger charge is 2.39. The van der Waals surface area contributed by atoms with Gasteiger partial charge >= 0.3 is 0 Å². The molecule has 4 heterocycles.